The van der Waals surface area contributed by atoms with E-state index in [0.29, 0.717) is 11.5 Å². The average molecular weight is 206 g/mol. The van der Waals surface area contributed by atoms with Crippen LogP contribution in [0.3, 0.4) is 0 Å². The number of carboxylic acids is 1. The van der Waals surface area contributed by atoms with Crippen LogP contribution in [0.4, 0.5) is 0 Å². The molecule has 0 saturated carbocycles. The Morgan fingerprint density at radius 3 is 2.40 bits per heavy atom. The monoisotopic (exact) mass is 206 g/mol. The van der Waals surface area contributed by atoms with Crippen LogP contribution in [0.2, 0.25) is 0 Å². The van der Waals surface area contributed by atoms with Crippen LogP contribution in [-0.2, 0) is 6.42 Å². The van der Waals surface area contributed by atoms with Crippen molar-refractivity contribution in [2.75, 3.05) is 0 Å². The van der Waals surface area contributed by atoms with E-state index in [9.17, 15) is 4.79 Å². The quantitative estimate of drug-likeness (QED) is 0.824. The predicted molar refractivity (Wildman–Crippen MR) is 61.4 cm³/mol. The largest absolute Gasteiger partial charge is 0.478 e. The van der Waals surface area contributed by atoms with Crippen LogP contribution in [-0.4, -0.2) is 11.1 Å². The highest BCUT2D eigenvalue weighted by Gasteiger charge is 2.13. The molecule has 0 aliphatic heterocycles. The maximum atomic E-state index is 11.1. The second kappa shape index (κ2) is 4.47. The van der Waals surface area contributed by atoms with Crippen LogP contribution >= 0.6 is 0 Å². The van der Waals surface area contributed by atoms with Gasteiger partial charge >= 0.3 is 5.97 Å². The van der Waals surface area contributed by atoms with Crippen molar-refractivity contribution in [1.82, 2.24) is 0 Å². The summed E-state index contributed by atoms with van der Waals surface area (Å²) in [4.78, 5) is 11.1. The third-order valence-corrected chi connectivity index (χ3v) is 2.63. The van der Waals surface area contributed by atoms with E-state index in [0.717, 1.165) is 23.1 Å². The Kier molecular flexibility index (Phi) is 3.51. The summed E-state index contributed by atoms with van der Waals surface area (Å²) in [5, 5.41) is 9.11. The fraction of sp³-hybridized carbons (Fsp3) is 0.462. The fourth-order valence-electron chi connectivity index (χ4n) is 1.88. The van der Waals surface area contributed by atoms with Gasteiger partial charge in [0.2, 0.25) is 0 Å². The molecule has 2 nitrogen and oxygen atoms in total. The first kappa shape index (κ1) is 11.8. The van der Waals surface area contributed by atoms with Crippen molar-refractivity contribution in [1.29, 1.82) is 0 Å². The molecule has 1 aromatic carbocycles. The van der Waals surface area contributed by atoms with Gasteiger partial charge in [-0.15, -0.1) is 0 Å². The molecule has 0 heterocycles. The Labute approximate surface area is 90.9 Å². The van der Waals surface area contributed by atoms with Crippen LogP contribution in [0.1, 0.15) is 40.9 Å². The summed E-state index contributed by atoms with van der Waals surface area (Å²) < 4.78 is 0. The predicted octanol–water partition coefficient (Wildman–Crippen LogP) is 3.20. The SMILES string of the molecule is Cc1ccc(CC(C)C)c(C)c1C(=O)O. The van der Waals surface area contributed by atoms with Gasteiger partial charge in [0.25, 0.3) is 0 Å². The van der Waals surface area contributed by atoms with E-state index in [1.807, 2.05) is 26.0 Å². The fourth-order valence-corrected chi connectivity index (χ4v) is 1.88. The first-order valence-corrected chi connectivity index (χ1v) is 5.25. The van der Waals surface area contributed by atoms with Gasteiger partial charge in [0, 0.05) is 0 Å². The van der Waals surface area contributed by atoms with Crippen molar-refractivity contribution in [3.8, 4) is 0 Å². The zero-order valence-electron chi connectivity index (χ0n) is 9.79. The normalized spacial score (nSPS) is 10.7. The van der Waals surface area contributed by atoms with Crippen molar-refractivity contribution in [2.45, 2.75) is 34.1 Å². The minimum Gasteiger partial charge on any atom is -0.478 e. The molecule has 0 aliphatic rings. The van der Waals surface area contributed by atoms with Gasteiger partial charge in [0.1, 0.15) is 0 Å². The van der Waals surface area contributed by atoms with Gasteiger partial charge in [-0.3, -0.25) is 0 Å². The van der Waals surface area contributed by atoms with Crippen molar-refractivity contribution in [3.63, 3.8) is 0 Å². The lowest BCUT2D eigenvalue weighted by atomic mass is 9.92. The van der Waals surface area contributed by atoms with Gasteiger partial charge in [0.05, 0.1) is 5.56 Å². The number of aromatic carboxylic acids is 1. The van der Waals surface area contributed by atoms with Crippen LogP contribution < -0.4 is 0 Å². The van der Waals surface area contributed by atoms with Crippen molar-refractivity contribution in [3.05, 3.63) is 34.4 Å². The van der Waals surface area contributed by atoms with Gasteiger partial charge in [-0.2, -0.15) is 0 Å². The zero-order valence-corrected chi connectivity index (χ0v) is 9.79. The van der Waals surface area contributed by atoms with Gasteiger partial charge in [-0.1, -0.05) is 26.0 Å². The summed E-state index contributed by atoms with van der Waals surface area (Å²) in [6, 6.07) is 3.94. The van der Waals surface area contributed by atoms with E-state index < -0.39 is 5.97 Å². The highest BCUT2D eigenvalue weighted by Crippen LogP contribution is 2.20. The molecule has 1 aromatic rings. The first-order chi connectivity index (χ1) is 6.93. The van der Waals surface area contributed by atoms with E-state index in [4.69, 9.17) is 5.11 Å². The van der Waals surface area contributed by atoms with Crippen molar-refractivity contribution in [2.24, 2.45) is 5.92 Å². The first-order valence-electron chi connectivity index (χ1n) is 5.25. The number of hydrogen-bond acceptors (Lipinski definition) is 1. The van der Waals surface area contributed by atoms with Crippen molar-refractivity contribution < 1.29 is 9.90 Å². The molecule has 0 saturated heterocycles. The molecule has 82 valence electrons. The summed E-state index contributed by atoms with van der Waals surface area (Å²) in [7, 11) is 0. The number of carbonyl (C=O) groups is 1. The zero-order chi connectivity index (χ0) is 11.6. The third-order valence-electron chi connectivity index (χ3n) is 2.63. The molecule has 15 heavy (non-hydrogen) atoms. The molecular weight excluding hydrogens is 188 g/mol. The third kappa shape index (κ3) is 2.58. The van der Waals surface area contributed by atoms with Gasteiger partial charge in [-0.05, 0) is 42.9 Å². The summed E-state index contributed by atoms with van der Waals surface area (Å²) in [5.74, 6) is -0.274. The number of benzene rings is 1. The van der Waals surface area contributed by atoms with E-state index in [1.54, 1.807) is 0 Å². The molecule has 0 amide bonds. The summed E-state index contributed by atoms with van der Waals surface area (Å²) in [6.45, 7) is 8.02. The Morgan fingerprint density at radius 1 is 1.33 bits per heavy atom. The van der Waals surface area contributed by atoms with Gasteiger partial charge in [0.15, 0.2) is 0 Å². The van der Waals surface area contributed by atoms with Crippen molar-refractivity contribution >= 4 is 5.97 Å². The Morgan fingerprint density at radius 2 is 1.93 bits per heavy atom. The smallest absolute Gasteiger partial charge is 0.336 e. The minimum absolute atomic E-state index is 0.466. The van der Waals surface area contributed by atoms with Crippen LogP contribution in [0.25, 0.3) is 0 Å². The second-order valence-corrected chi connectivity index (χ2v) is 4.44. The molecule has 0 fully saturated rings. The second-order valence-electron chi connectivity index (χ2n) is 4.44. The number of carboxylic acid groups (broad SMARTS) is 1. The van der Waals surface area contributed by atoms with Gasteiger partial charge in [-0.25, -0.2) is 4.79 Å². The summed E-state index contributed by atoms with van der Waals surface area (Å²) >= 11 is 0. The lowest BCUT2D eigenvalue weighted by Crippen LogP contribution is -2.07. The van der Waals surface area contributed by atoms with E-state index in [1.165, 1.54) is 0 Å². The lowest BCUT2D eigenvalue weighted by molar-refractivity contribution is 0.0695. The summed E-state index contributed by atoms with van der Waals surface area (Å²) in [5.41, 5.74) is 3.37. The molecule has 0 bridgehead atoms. The molecule has 0 spiro atoms. The van der Waals surface area contributed by atoms with E-state index in [2.05, 4.69) is 13.8 Å². The standard InChI is InChI=1S/C13H18O2/c1-8(2)7-11-6-5-9(3)12(10(11)4)13(14)15/h5-6,8H,7H2,1-4H3,(H,14,15). The highest BCUT2D eigenvalue weighted by molar-refractivity contribution is 5.91. The molecule has 2 heteroatoms. The highest BCUT2D eigenvalue weighted by atomic mass is 16.4. The van der Waals surface area contributed by atoms with E-state index in [-0.39, 0.29) is 0 Å². The van der Waals surface area contributed by atoms with Gasteiger partial charge < -0.3 is 5.11 Å². The molecule has 0 aromatic heterocycles. The Hall–Kier alpha value is -1.31. The average Bonchev–Trinajstić information content (AvgIpc) is 2.09. The maximum absolute atomic E-state index is 11.1. The number of hydrogen-bond donors (Lipinski definition) is 1. The van der Waals surface area contributed by atoms with Crippen LogP contribution in [0, 0.1) is 19.8 Å². The topological polar surface area (TPSA) is 37.3 Å². The number of aryl methyl sites for hydroxylation is 1. The molecule has 0 unspecified atom stereocenters. The van der Waals surface area contributed by atoms with E-state index >= 15 is 0 Å². The Bertz CT molecular complexity index is 378. The summed E-state index contributed by atoms with van der Waals surface area (Å²) in [6.07, 6.45) is 0.937. The Balaban J connectivity index is 3.22. The molecule has 0 atom stereocenters. The molecule has 0 aliphatic carbocycles. The molecular formula is C13H18O2. The lowest BCUT2D eigenvalue weighted by Gasteiger charge is -2.12. The molecule has 1 N–H and O–H groups in total. The maximum Gasteiger partial charge on any atom is 0.336 e. The minimum atomic E-state index is -0.824. The van der Waals surface area contributed by atoms with Crippen LogP contribution in [0.5, 0.6) is 0 Å². The number of rotatable bonds is 3. The molecule has 0 radical (unpaired) electrons. The van der Waals surface area contributed by atoms with Crippen LogP contribution in [0.15, 0.2) is 12.1 Å². The molecule has 1 rings (SSSR count).